The molecule has 0 unspecified atom stereocenters. The van der Waals surface area contributed by atoms with Crippen LogP contribution in [-0.4, -0.2) is 43.6 Å². The quantitative estimate of drug-likeness (QED) is 0.578. The van der Waals surface area contributed by atoms with E-state index >= 15 is 0 Å². The fourth-order valence-corrected chi connectivity index (χ4v) is 4.09. The Balaban J connectivity index is 1.25. The molecular weight excluding hydrogens is 362 g/mol. The number of nitrogens with one attached hydrogen (secondary N) is 1. The van der Waals surface area contributed by atoms with Crippen LogP contribution in [0.5, 0.6) is 0 Å². The standard InChI is InChI=1S/C23H23N5O/c1-16-10-13-24-28(16)19-8-6-18(7-9-19)23(29)27-14-11-17(12-15-27)22-25-20-4-2-3-5-21(20)26-22/h2-10,13,17H,11-12,14-15H2,1H3,(H,25,26). The van der Waals surface area contributed by atoms with Crippen LogP contribution in [0.4, 0.5) is 0 Å². The van der Waals surface area contributed by atoms with Crippen LogP contribution in [0.2, 0.25) is 0 Å². The van der Waals surface area contributed by atoms with Gasteiger partial charge in [-0.1, -0.05) is 12.1 Å². The highest BCUT2D eigenvalue weighted by atomic mass is 16.2. The molecule has 0 spiro atoms. The van der Waals surface area contributed by atoms with Gasteiger partial charge in [0.15, 0.2) is 0 Å². The molecule has 1 fully saturated rings. The Hall–Kier alpha value is -3.41. The van der Waals surface area contributed by atoms with Crippen molar-refractivity contribution in [1.29, 1.82) is 0 Å². The number of rotatable bonds is 3. The molecule has 0 aliphatic carbocycles. The largest absolute Gasteiger partial charge is 0.342 e. The molecule has 6 nitrogen and oxygen atoms in total. The first-order valence-electron chi connectivity index (χ1n) is 10.0. The highest BCUT2D eigenvalue weighted by Gasteiger charge is 2.26. The Morgan fingerprint density at radius 1 is 1.03 bits per heavy atom. The summed E-state index contributed by atoms with van der Waals surface area (Å²) in [5, 5.41) is 4.32. The Morgan fingerprint density at radius 2 is 1.79 bits per heavy atom. The van der Waals surface area contributed by atoms with Crippen LogP contribution in [0.15, 0.2) is 60.8 Å². The maximum absolute atomic E-state index is 12.9. The van der Waals surface area contributed by atoms with E-state index in [0.29, 0.717) is 5.92 Å². The number of para-hydroxylation sites is 2. The number of carbonyl (C=O) groups excluding carboxylic acids is 1. The Labute approximate surface area is 169 Å². The van der Waals surface area contributed by atoms with Crippen molar-refractivity contribution in [3.05, 3.63) is 77.9 Å². The minimum absolute atomic E-state index is 0.0943. The van der Waals surface area contributed by atoms with Gasteiger partial charge in [0.2, 0.25) is 0 Å². The number of carbonyl (C=O) groups is 1. The highest BCUT2D eigenvalue weighted by molar-refractivity contribution is 5.94. The molecule has 1 N–H and O–H groups in total. The summed E-state index contributed by atoms with van der Waals surface area (Å²) in [4.78, 5) is 23.1. The lowest BCUT2D eigenvalue weighted by Crippen LogP contribution is -2.38. The number of aryl methyl sites for hydroxylation is 1. The van der Waals surface area contributed by atoms with Crippen LogP contribution in [-0.2, 0) is 0 Å². The molecule has 3 heterocycles. The van der Waals surface area contributed by atoms with E-state index in [9.17, 15) is 4.79 Å². The van der Waals surface area contributed by atoms with Gasteiger partial charge >= 0.3 is 0 Å². The smallest absolute Gasteiger partial charge is 0.253 e. The topological polar surface area (TPSA) is 66.8 Å². The van der Waals surface area contributed by atoms with Crippen LogP contribution in [0.1, 0.15) is 40.6 Å². The molecule has 1 amide bonds. The van der Waals surface area contributed by atoms with Gasteiger partial charge in [0.1, 0.15) is 5.82 Å². The van der Waals surface area contributed by atoms with Crippen molar-refractivity contribution in [2.45, 2.75) is 25.7 Å². The lowest BCUT2D eigenvalue weighted by molar-refractivity contribution is 0.0711. The van der Waals surface area contributed by atoms with E-state index in [0.717, 1.165) is 59.7 Å². The van der Waals surface area contributed by atoms with Gasteiger partial charge in [-0.15, -0.1) is 0 Å². The summed E-state index contributed by atoms with van der Waals surface area (Å²) in [5.41, 5.74) is 4.84. The molecule has 0 saturated carbocycles. The molecule has 2 aromatic heterocycles. The molecule has 0 radical (unpaired) electrons. The second-order valence-electron chi connectivity index (χ2n) is 7.64. The van der Waals surface area contributed by atoms with E-state index in [4.69, 9.17) is 4.98 Å². The van der Waals surface area contributed by atoms with Crippen LogP contribution in [0.25, 0.3) is 16.7 Å². The number of piperidine rings is 1. The monoisotopic (exact) mass is 385 g/mol. The van der Waals surface area contributed by atoms with Gasteiger partial charge in [-0.2, -0.15) is 5.10 Å². The summed E-state index contributed by atoms with van der Waals surface area (Å²) in [6.07, 6.45) is 3.63. The first kappa shape index (κ1) is 17.7. The summed E-state index contributed by atoms with van der Waals surface area (Å²) in [5.74, 6) is 1.51. The minimum Gasteiger partial charge on any atom is -0.342 e. The Morgan fingerprint density at radius 3 is 2.48 bits per heavy atom. The van der Waals surface area contributed by atoms with E-state index < -0.39 is 0 Å². The number of fused-ring (bicyclic) bond motifs is 1. The Bertz CT molecular complexity index is 1120. The van der Waals surface area contributed by atoms with Crippen molar-refractivity contribution in [2.75, 3.05) is 13.1 Å². The third-order valence-electron chi connectivity index (χ3n) is 5.77. The molecule has 1 aliphatic heterocycles. The van der Waals surface area contributed by atoms with Crippen molar-refractivity contribution in [3.8, 4) is 5.69 Å². The lowest BCUT2D eigenvalue weighted by Gasteiger charge is -2.31. The number of amides is 1. The van der Waals surface area contributed by atoms with E-state index in [-0.39, 0.29) is 5.91 Å². The van der Waals surface area contributed by atoms with Gasteiger partial charge in [-0.3, -0.25) is 4.79 Å². The van der Waals surface area contributed by atoms with Crippen LogP contribution in [0.3, 0.4) is 0 Å². The predicted molar refractivity (Wildman–Crippen MR) is 112 cm³/mol. The van der Waals surface area contributed by atoms with Gasteiger partial charge in [-0.05, 0) is 62.2 Å². The number of H-pyrrole nitrogens is 1. The van der Waals surface area contributed by atoms with Gasteiger partial charge in [0.05, 0.1) is 16.7 Å². The number of hydrogen-bond donors (Lipinski definition) is 1. The molecule has 1 saturated heterocycles. The van der Waals surface area contributed by atoms with Gasteiger partial charge in [-0.25, -0.2) is 9.67 Å². The number of aromatic nitrogens is 4. The zero-order chi connectivity index (χ0) is 19.8. The average molecular weight is 385 g/mol. The van der Waals surface area contributed by atoms with E-state index in [1.54, 1.807) is 6.20 Å². The molecule has 6 heteroatoms. The zero-order valence-electron chi connectivity index (χ0n) is 16.4. The molecule has 5 rings (SSSR count). The number of aromatic amines is 1. The predicted octanol–water partition coefficient (Wildman–Crippen LogP) is 4.08. The molecule has 0 bridgehead atoms. The summed E-state index contributed by atoms with van der Waals surface area (Å²) >= 11 is 0. The summed E-state index contributed by atoms with van der Waals surface area (Å²) < 4.78 is 1.87. The van der Waals surface area contributed by atoms with Gasteiger partial charge < -0.3 is 9.88 Å². The normalized spacial score (nSPS) is 15.1. The second-order valence-corrected chi connectivity index (χ2v) is 7.64. The first-order valence-corrected chi connectivity index (χ1v) is 10.0. The number of hydrogen-bond acceptors (Lipinski definition) is 3. The molecular formula is C23H23N5O. The summed E-state index contributed by atoms with van der Waals surface area (Å²) in [6, 6.07) is 17.8. The van der Waals surface area contributed by atoms with E-state index in [1.807, 2.05) is 65.0 Å². The van der Waals surface area contributed by atoms with Crippen molar-refractivity contribution < 1.29 is 4.79 Å². The second kappa shape index (κ2) is 7.20. The first-order chi connectivity index (χ1) is 14.2. The molecule has 29 heavy (non-hydrogen) atoms. The van der Waals surface area contributed by atoms with E-state index in [1.165, 1.54) is 0 Å². The number of likely N-dealkylation sites (tertiary alicyclic amines) is 1. The summed E-state index contributed by atoms with van der Waals surface area (Å²) in [7, 11) is 0. The maximum Gasteiger partial charge on any atom is 0.253 e. The average Bonchev–Trinajstić information content (AvgIpc) is 3.39. The fourth-order valence-electron chi connectivity index (χ4n) is 4.09. The molecule has 1 aliphatic rings. The van der Waals surface area contributed by atoms with Crippen LogP contribution >= 0.6 is 0 Å². The highest BCUT2D eigenvalue weighted by Crippen LogP contribution is 2.28. The van der Waals surface area contributed by atoms with Crippen molar-refractivity contribution in [1.82, 2.24) is 24.6 Å². The van der Waals surface area contributed by atoms with Gasteiger partial charge in [0.25, 0.3) is 5.91 Å². The van der Waals surface area contributed by atoms with Crippen molar-refractivity contribution in [3.63, 3.8) is 0 Å². The van der Waals surface area contributed by atoms with E-state index in [2.05, 4.69) is 16.1 Å². The number of imidazole rings is 1. The third-order valence-corrected chi connectivity index (χ3v) is 5.77. The zero-order valence-corrected chi connectivity index (χ0v) is 16.4. The number of nitrogens with zero attached hydrogens (tertiary/aromatic N) is 4. The molecule has 0 atom stereocenters. The lowest BCUT2D eigenvalue weighted by atomic mass is 9.95. The number of benzene rings is 2. The van der Waals surface area contributed by atoms with Crippen LogP contribution < -0.4 is 0 Å². The Kier molecular flexibility index (Phi) is 4.39. The molecule has 4 aromatic rings. The molecule has 2 aromatic carbocycles. The molecule has 146 valence electrons. The third kappa shape index (κ3) is 3.31. The van der Waals surface area contributed by atoms with Crippen LogP contribution in [0, 0.1) is 6.92 Å². The van der Waals surface area contributed by atoms with Gasteiger partial charge in [0, 0.05) is 36.5 Å². The van der Waals surface area contributed by atoms with Crippen molar-refractivity contribution in [2.24, 2.45) is 0 Å². The SMILES string of the molecule is Cc1ccnn1-c1ccc(C(=O)N2CCC(c3nc4ccccc4[nH]3)CC2)cc1. The minimum atomic E-state index is 0.0943. The fraction of sp³-hybridized carbons (Fsp3) is 0.261. The van der Waals surface area contributed by atoms with Crippen molar-refractivity contribution >= 4 is 16.9 Å². The maximum atomic E-state index is 12.9. The summed E-state index contributed by atoms with van der Waals surface area (Å²) in [6.45, 7) is 3.51.